The predicted octanol–water partition coefficient (Wildman–Crippen LogP) is 5.86. The molecule has 6 heteroatoms. The molecule has 0 fully saturated rings. The molecule has 0 aliphatic rings. The van der Waals surface area contributed by atoms with E-state index in [0.717, 1.165) is 38.9 Å². The zero-order chi connectivity index (χ0) is 26.6. The van der Waals surface area contributed by atoms with Crippen molar-refractivity contribution in [2.24, 2.45) is 0 Å². The molecule has 0 aliphatic carbocycles. The van der Waals surface area contributed by atoms with Gasteiger partial charge in [0, 0.05) is 43.0 Å². The smallest absolute Gasteiger partial charge is 0.0625 e. The van der Waals surface area contributed by atoms with Crippen molar-refractivity contribution in [1.29, 1.82) is 21.0 Å². The van der Waals surface area contributed by atoms with Gasteiger partial charge in [-0.1, -0.05) is 42.5 Å². The summed E-state index contributed by atoms with van der Waals surface area (Å²) in [6.07, 6.45) is 3.37. The molecule has 0 aliphatic heterocycles. The van der Waals surface area contributed by atoms with Crippen molar-refractivity contribution in [3.05, 3.63) is 93.5 Å². The summed E-state index contributed by atoms with van der Waals surface area (Å²) in [4.78, 5) is 0. The Balaban J connectivity index is 2.37. The fraction of sp³-hybridized carbons (Fsp3) is 0.290. The van der Waals surface area contributed by atoms with Crippen LogP contribution in [0, 0.1) is 45.3 Å². The van der Waals surface area contributed by atoms with Gasteiger partial charge in [-0.05, 0) is 76.8 Å². The lowest BCUT2D eigenvalue weighted by Crippen LogP contribution is -2.14. The molecule has 184 valence electrons. The highest BCUT2D eigenvalue weighted by molar-refractivity contribution is 5.62. The zero-order valence-electron chi connectivity index (χ0n) is 20.9. The van der Waals surface area contributed by atoms with Gasteiger partial charge in [-0.2, -0.15) is 21.0 Å². The van der Waals surface area contributed by atoms with Crippen LogP contribution in [0.1, 0.15) is 70.5 Å². The number of hydrogen-bond donors (Lipinski definition) is 2. The van der Waals surface area contributed by atoms with Crippen LogP contribution >= 0.6 is 0 Å². The van der Waals surface area contributed by atoms with Crippen LogP contribution in [-0.2, 0) is 25.7 Å². The molecule has 0 saturated heterocycles. The minimum Gasteiger partial charge on any atom is -0.398 e. The number of benzene rings is 3. The minimum absolute atomic E-state index is 0.202. The van der Waals surface area contributed by atoms with Crippen LogP contribution in [-0.4, -0.2) is 0 Å². The van der Waals surface area contributed by atoms with Crippen LogP contribution < -0.4 is 11.5 Å². The van der Waals surface area contributed by atoms with Crippen LogP contribution in [0.25, 0.3) is 0 Å². The third kappa shape index (κ3) is 6.27. The molecule has 0 heterocycles. The maximum absolute atomic E-state index is 9.41. The maximum Gasteiger partial charge on any atom is 0.0625 e. The molecule has 0 unspecified atom stereocenters. The van der Waals surface area contributed by atoms with E-state index in [4.69, 9.17) is 11.5 Å². The molecular weight excluding hydrogens is 456 g/mol. The summed E-state index contributed by atoms with van der Waals surface area (Å²) in [7, 11) is 0. The average Bonchev–Trinajstić information content (AvgIpc) is 2.92. The number of nitrogens with two attached hydrogens (primary N) is 2. The topological polar surface area (TPSA) is 147 Å². The first-order valence-corrected chi connectivity index (χ1v) is 12.4. The first-order valence-electron chi connectivity index (χ1n) is 12.4. The normalized spacial score (nSPS) is 10.3. The minimum atomic E-state index is -0.202. The summed E-state index contributed by atoms with van der Waals surface area (Å²) in [5, 5.41) is 37.4. The quantitative estimate of drug-likeness (QED) is 0.256. The fourth-order valence-corrected chi connectivity index (χ4v) is 5.08. The first-order chi connectivity index (χ1) is 18.1. The van der Waals surface area contributed by atoms with Crippen molar-refractivity contribution < 1.29 is 0 Å². The largest absolute Gasteiger partial charge is 0.398 e. The highest BCUT2D eigenvalue weighted by Gasteiger charge is 2.26. The molecule has 37 heavy (non-hydrogen) atoms. The molecule has 6 nitrogen and oxygen atoms in total. The lowest BCUT2D eigenvalue weighted by molar-refractivity contribution is 0.851. The zero-order valence-corrected chi connectivity index (χ0v) is 20.9. The highest BCUT2D eigenvalue weighted by atomic mass is 14.6. The summed E-state index contributed by atoms with van der Waals surface area (Å²) in [6.45, 7) is 0. The monoisotopic (exact) mass is 486 g/mol. The Morgan fingerprint density at radius 1 is 0.514 bits per heavy atom. The second-order valence-corrected chi connectivity index (χ2v) is 8.88. The van der Waals surface area contributed by atoms with Gasteiger partial charge in [-0.25, -0.2) is 0 Å². The average molecular weight is 487 g/mol. The Bertz CT molecular complexity index is 1310. The van der Waals surface area contributed by atoms with Crippen molar-refractivity contribution in [1.82, 2.24) is 0 Å². The summed E-state index contributed by atoms with van der Waals surface area (Å²) in [5.74, 6) is -0.202. The Kier molecular flexibility index (Phi) is 9.67. The molecule has 0 spiro atoms. The van der Waals surface area contributed by atoms with Gasteiger partial charge in [-0.15, -0.1) is 0 Å². The van der Waals surface area contributed by atoms with E-state index in [0.29, 0.717) is 62.7 Å². The number of nitrogens with zero attached hydrogens (tertiary/aromatic N) is 4. The number of rotatable bonds is 11. The first kappa shape index (κ1) is 26.8. The van der Waals surface area contributed by atoms with E-state index in [9.17, 15) is 21.0 Å². The highest BCUT2D eigenvalue weighted by Crippen LogP contribution is 2.41. The molecule has 3 aromatic rings. The second-order valence-electron chi connectivity index (χ2n) is 8.88. The maximum atomic E-state index is 9.41. The summed E-state index contributed by atoms with van der Waals surface area (Å²) < 4.78 is 0. The number of anilines is 2. The molecule has 3 rings (SSSR count). The Morgan fingerprint density at radius 2 is 0.892 bits per heavy atom. The van der Waals surface area contributed by atoms with Crippen LogP contribution in [0.5, 0.6) is 0 Å². The summed E-state index contributed by atoms with van der Waals surface area (Å²) in [5.41, 5.74) is 21.0. The number of hydrogen-bond acceptors (Lipinski definition) is 6. The van der Waals surface area contributed by atoms with Gasteiger partial charge in [0.1, 0.15) is 0 Å². The lowest BCUT2D eigenvalue weighted by atomic mass is 9.76. The van der Waals surface area contributed by atoms with Crippen LogP contribution in [0.2, 0.25) is 0 Å². The Morgan fingerprint density at radius 3 is 1.27 bits per heavy atom. The van der Waals surface area contributed by atoms with Crippen molar-refractivity contribution in [2.45, 2.75) is 57.3 Å². The van der Waals surface area contributed by atoms with E-state index in [1.165, 1.54) is 0 Å². The SMILES string of the molecule is N#CCCc1c(N)ccc(C(c2ccccc2)c2ccc(N)c(CCC#N)c2CCC#N)c1CCC#N. The lowest BCUT2D eigenvalue weighted by Gasteiger charge is -2.28. The number of nitriles is 4. The second kappa shape index (κ2) is 13.3. The summed E-state index contributed by atoms with van der Waals surface area (Å²) in [6, 6.07) is 26.9. The molecule has 0 bridgehead atoms. The molecule has 0 aromatic heterocycles. The van der Waals surface area contributed by atoms with Gasteiger partial charge in [0.25, 0.3) is 0 Å². The third-order valence-electron chi connectivity index (χ3n) is 6.71. The van der Waals surface area contributed by atoms with Crippen molar-refractivity contribution in [2.75, 3.05) is 11.5 Å². The molecule has 3 aromatic carbocycles. The van der Waals surface area contributed by atoms with E-state index < -0.39 is 0 Å². The summed E-state index contributed by atoms with van der Waals surface area (Å²) >= 11 is 0. The Labute approximate surface area is 219 Å². The van der Waals surface area contributed by atoms with Crippen molar-refractivity contribution >= 4 is 11.4 Å². The van der Waals surface area contributed by atoms with E-state index >= 15 is 0 Å². The molecule has 4 N–H and O–H groups in total. The van der Waals surface area contributed by atoms with Crippen molar-refractivity contribution in [3.8, 4) is 24.3 Å². The molecular formula is C31H30N6. The van der Waals surface area contributed by atoms with Crippen LogP contribution in [0.15, 0.2) is 54.6 Å². The van der Waals surface area contributed by atoms with Crippen LogP contribution in [0.3, 0.4) is 0 Å². The molecule has 0 radical (unpaired) electrons. The Hall–Kier alpha value is -4.78. The predicted molar refractivity (Wildman–Crippen MR) is 145 cm³/mol. The van der Waals surface area contributed by atoms with Gasteiger partial charge < -0.3 is 11.5 Å². The van der Waals surface area contributed by atoms with Crippen LogP contribution in [0.4, 0.5) is 11.4 Å². The fourth-order valence-electron chi connectivity index (χ4n) is 5.08. The van der Waals surface area contributed by atoms with E-state index in [1.54, 1.807) is 0 Å². The van der Waals surface area contributed by atoms with Gasteiger partial charge in [0.15, 0.2) is 0 Å². The molecule has 0 amide bonds. The van der Waals surface area contributed by atoms with E-state index in [1.807, 2.05) is 42.5 Å². The van der Waals surface area contributed by atoms with Gasteiger partial charge in [-0.3, -0.25) is 0 Å². The van der Waals surface area contributed by atoms with Crippen molar-refractivity contribution in [3.63, 3.8) is 0 Å². The third-order valence-corrected chi connectivity index (χ3v) is 6.71. The standard InChI is InChI=1S/C31H30N6/c32-18-4-10-23-25(12-6-20-34)29(36)16-14-27(23)31(22-8-2-1-3-9-22)28-15-17-30(37)26(13-7-21-35)24(28)11-5-19-33/h1-3,8-9,14-17,31H,4-7,10-13,36-37H2. The van der Waals surface area contributed by atoms with Gasteiger partial charge >= 0.3 is 0 Å². The number of nitrogen functional groups attached to an aromatic ring is 2. The molecule has 0 saturated carbocycles. The van der Waals surface area contributed by atoms with Gasteiger partial charge in [0.2, 0.25) is 0 Å². The van der Waals surface area contributed by atoms with Gasteiger partial charge in [0.05, 0.1) is 24.3 Å². The van der Waals surface area contributed by atoms with E-state index in [-0.39, 0.29) is 5.92 Å². The molecule has 0 atom stereocenters. The van der Waals surface area contributed by atoms with E-state index in [2.05, 4.69) is 36.4 Å².